The molecule has 0 saturated carbocycles. The van der Waals surface area contributed by atoms with Gasteiger partial charge < -0.3 is 9.84 Å². The highest BCUT2D eigenvalue weighted by Gasteiger charge is 2.35. The summed E-state index contributed by atoms with van der Waals surface area (Å²) in [6.45, 7) is 6.34. The first-order valence-corrected chi connectivity index (χ1v) is 7.19. The van der Waals surface area contributed by atoms with Crippen molar-refractivity contribution >= 4 is 0 Å². The van der Waals surface area contributed by atoms with Crippen molar-refractivity contribution in [1.82, 2.24) is 15.1 Å². The Morgan fingerprint density at radius 3 is 3.00 bits per heavy atom. The zero-order chi connectivity index (χ0) is 13.3. The zero-order valence-corrected chi connectivity index (χ0v) is 11.6. The first-order valence-electron chi connectivity index (χ1n) is 7.19. The molecule has 0 radical (unpaired) electrons. The van der Waals surface area contributed by atoms with Crippen molar-refractivity contribution in [2.75, 3.05) is 32.8 Å². The maximum Gasteiger partial charge on any atom is 0.0817 e. The van der Waals surface area contributed by atoms with E-state index in [-0.39, 0.29) is 0 Å². The fraction of sp³-hybridized carbons (Fsp3) is 0.786. The quantitative estimate of drug-likeness (QED) is 0.857. The van der Waals surface area contributed by atoms with E-state index in [1.54, 1.807) is 0 Å². The molecule has 2 aliphatic rings. The summed E-state index contributed by atoms with van der Waals surface area (Å²) in [7, 11) is 0. The van der Waals surface area contributed by atoms with Crippen LogP contribution < -0.4 is 0 Å². The molecule has 0 aliphatic carbocycles. The van der Waals surface area contributed by atoms with Gasteiger partial charge in [-0.2, -0.15) is 5.10 Å². The second-order valence-electron chi connectivity index (χ2n) is 6.02. The molecule has 0 amide bonds. The molecule has 1 aromatic heterocycles. The van der Waals surface area contributed by atoms with Gasteiger partial charge in [0.1, 0.15) is 0 Å². The second-order valence-corrected chi connectivity index (χ2v) is 6.02. The van der Waals surface area contributed by atoms with Gasteiger partial charge in [-0.3, -0.25) is 10.00 Å². The summed E-state index contributed by atoms with van der Waals surface area (Å²) >= 11 is 0. The Labute approximate surface area is 113 Å². The summed E-state index contributed by atoms with van der Waals surface area (Å²) in [4.78, 5) is 2.39. The number of hydrogen-bond acceptors (Lipinski definition) is 4. The number of β-amino-alcohol motifs (C(OH)–C–C–N with tert-alkyl or cyclic N) is 1. The normalized spacial score (nSPS) is 27.8. The predicted molar refractivity (Wildman–Crippen MR) is 72.1 cm³/mol. The Morgan fingerprint density at radius 1 is 1.53 bits per heavy atom. The highest BCUT2D eigenvalue weighted by Crippen LogP contribution is 2.30. The minimum absolute atomic E-state index is 0.533. The van der Waals surface area contributed by atoms with E-state index in [1.165, 1.54) is 11.3 Å². The van der Waals surface area contributed by atoms with Crippen LogP contribution in [0.15, 0.2) is 6.20 Å². The number of hydrogen-bond donors (Lipinski definition) is 2. The van der Waals surface area contributed by atoms with E-state index in [9.17, 15) is 5.11 Å². The van der Waals surface area contributed by atoms with Crippen LogP contribution in [-0.4, -0.2) is 58.7 Å². The van der Waals surface area contributed by atoms with Crippen molar-refractivity contribution in [3.05, 3.63) is 17.5 Å². The molecule has 2 aliphatic heterocycles. The molecule has 2 fully saturated rings. The second kappa shape index (κ2) is 5.23. The lowest BCUT2D eigenvalue weighted by atomic mass is 9.94. The average molecular weight is 265 g/mol. The Balaban J connectivity index is 1.58. The zero-order valence-electron chi connectivity index (χ0n) is 11.6. The van der Waals surface area contributed by atoms with Crippen LogP contribution in [0.1, 0.15) is 36.4 Å². The van der Waals surface area contributed by atoms with Crippen LogP contribution in [0.2, 0.25) is 0 Å². The Hall–Kier alpha value is -0.910. The van der Waals surface area contributed by atoms with Gasteiger partial charge in [-0.1, -0.05) is 0 Å². The topological polar surface area (TPSA) is 61.4 Å². The molecule has 1 atom stereocenters. The van der Waals surface area contributed by atoms with Crippen LogP contribution in [0, 0.1) is 6.92 Å². The molecule has 0 bridgehead atoms. The molecule has 2 saturated heterocycles. The lowest BCUT2D eigenvalue weighted by Crippen LogP contribution is -2.46. The lowest BCUT2D eigenvalue weighted by molar-refractivity contribution is -0.0773. The summed E-state index contributed by atoms with van der Waals surface area (Å²) in [5.74, 6) is 0.533. The van der Waals surface area contributed by atoms with Gasteiger partial charge in [-0.05, 0) is 25.5 Å². The number of aryl methyl sites for hydroxylation is 1. The molecular formula is C14H23N3O2. The van der Waals surface area contributed by atoms with E-state index in [0.29, 0.717) is 19.1 Å². The van der Waals surface area contributed by atoms with Crippen molar-refractivity contribution in [3.8, 4) is 0 Å². The Morgan fingerprint density at radius 2 is 2.32 bits per heavy atom. The van der Waals surface area contributed by atoms with Crippen LogP contribution in [0.25, 0.3) is 0 Å². The van der Waals surface area contributed by atoms with Gasteiger partial charge in [-0.15, -0.1) is 0 Å². The summed E-state index contributed by atoms with van der Waals surface area (Å²) in [5.41, 5.74) is 1.97. The largest absolute Gasteiger partial charge is 0.388 e. The van der Waals surface area contributed by atoms with Gasteiger partial charge in [0.2, 0.25) is 0 Å². The Kier molecular flexibility index (Phi) is 3.60. The average Bonchev–Trinajstić information content (AvgIpc) is 2.98. The van der Waals surface area contributed by atoms with Gasteiger partial charge in [0.15, 0.2) is 0 Å². The molecular weight excluding hydrogens is 242 g/mol. The molecule has 5 heteroatoms. The van der Waals surface area contributed by atoms with Crippen LogP contribution in [0.5, 0.6) is 0 Å². The number of aromatic nitrogens is 2. The van der Waals surface area contributed by atoms with E-state index in [1.807, 2.05) is 6.20 Å². The van der Waals surface area contributed by atoms with Gasteiger partial charge >= 0.3 is 0 Å². The monoisotopic (exact) mass is 265 g/mol. The number of rotatable bonds is 3. The highest BCUT2D eigenvalue weighted by atomic mass is 16.5. The number of aliphatic hydroxyl groups is 1. The van der Waals surface area contributed by atoms with E-state index < -0.39 is 5.60 Å². The summed E-state index contributed by atoms with van der Waals surface area (Å²) in [5, 5.41) is 17.8. The minimum atomic E-state index is -0.545. The third-order valence-corrected chi connectivity index (χ3v) is 4.49. The van der Waals surface area contributed by atoms with E-state index in [4.69, 9.17) is 4.74 Å². The van der Waals surface area contributed by atoms with Crippen LogP contribution in [0.3, 0.4) is 0 Å². The molecule has 1 aromatic rings. The van der Waals surface area contributed by atoms with Gasteiger partial charge in [0.05, 0.1) is 11.8 Å². The molecule has 1 unspecified atom stereocenters. The van der Waals surface area contributed by atoms with Crippen molar-refractivity contribution in [3.63, 3.8) is 0 Å². The molecule has 0 spiro atoms. The highest BCUT2D eigenvalue weighted by molar-refractivity contribution is 5.20. The number of aromatic amines is 1. The number of nitrogens with zero attached hydrogens (tertiary/aromatic N) is 2. The summed E-state index contributed by atoms with van der Waals surface area (Å²) in [6, 6.07) is 0. The number of H-pyrrole nitrogens is 1. The van der Waals surface area contributed by atoms with E-state index in [2.05, 4.69) is 22.0 Å². The number of nitrogens with one attached hydrogen (secondary N) is 1. The number of likely N-dealkylation sites (tertiary alicyclic amines) is 1. The van der Waals surface area contributed by atoms with Gasteiger partial charge in [0.25, 0.3) is 0 Å². The molecule has 0 aromatic carbocycles. The van der Waals surface area contributed by atoms with Crippen molar-refractivity contribution in [1.29, 1.82) is 0 Å². The molecule has 3 rings (SSSR count). The van der Waals surface area contributed by atoms with Crippen LogP contribution >= 0.6 is 0 Å². The first-order chi connectivity index (χ1) is 9.16. The first kappa shape index (κ1) is 13.1. The molecule has 2 N–H and O–H groups in total. The summed E-state index contributed by atoms with van der Waals surface area (Å²) in [6.07, 6.45) is 4.56. The van der Waals surface area contributed by atoms with Crippen molar-refractivity contribution in [2.45, 2.75) is 37.7 Å². The van der Waals surface area contributed by atoms with Gasteiger partial charge in [-0.25, -0.2) is 0 Å². The molecule has 106 valence electrons. The maximum atomic E-state index is 10.6. The predicted octanol–water partition coefficient (Wildman–Crippen LogP) is 1.05. The van der Waals surface area contributed by atoms with Crippen LogP contribution in [-0.2, 0) is 4.74 Å². The fourth-order valence-electron chi connectivity index (χ4n) is 3.31. The fourth-order valence-corrected chi connectivity index (χ4v) is 3.31. The van der Waals surface area contributed by atoms with Crippen molar-refractivity contribution < 1.29 is 9.84 Å². The Bertz CT molecular complexity index is 426. The van der Waals surface area contributed by atoms with Gasteiger partial charge in [0, 0.05) is 50.8 Å². The molecule has 3 heterocycles. The SMILES string of the molecule is Cc1cn[nH]c1C1CCN(CC2(O)CCOCC2)C1. The third kappa shape index (κ3) is 2.83. The van der Waals surface area contributed by atoms with E-state index in [0.717, 1.165) is 38.9 Å². The molecule has 5 nitrogen and oxygen atoms in total. The van der Waals surface area contributed by atoms with E-state index >= 15 is 0 Å². The third-order valence-electron chi connectivity index (χ3n) is 4.49. The minimum Gasteiger partial charge on any atom is -0.388 e. The van der Waals surface area contributed by atoms with Crippen LogP contribution in [0.4, 0.5) is 0 Å². The summed E-state index contributed by atoms with van der Waals surface area (Å²) < 4.78 is 5.33. The standard InChI is InChI=1S/C14H23N3O2/c1-11-8-15-16-13(11)12-2-5-17(9-12)10-14(18)3-6-19-7-4-14/h8,12,18H,2-7,9-10H2,1H3,(H,15,16). The van der Waals surface area contributed by atoms with Crippen molar-refractivity contribution in [2.24, 2.45) is 0 Å². The smallest absolute Gasteiger partial charge is 0.0817 e. The molecule has 19 heavy (non-hydrogen) atoms. The number of ether oxygens (including phenoxy) is 1. The maximum absolute atomic E-state index is 10.6. The lowest BCUT2D eigenvalue weighted by Gasteiger charge is -2.35.